The van der Waals surface area contributed by atoms with E-state index in [2.05, 4.69) is 44.0 Å². The number of hydrogen-bond acceptors (Lipinski definition) is 2. The van der Waals surface area contributed by atoms with Gasteiger partial charge >= 0.3 is 0 Å². The van der Waals surface area contributed by atoms with Crippen molar-refractivity contribution in [1.82, 2.24) is 24.3 Å². The van der Waals surface area contributed by atoms with Crippen molar-refractivity contribution in [2.45, 2.75) is 6.04 Å². The van der Waals surface area contributed by atoms with Gasteiger partial charge in [-0.3, -0.25) is 4.68 Å². The molecule has 0 radical (unpaired) electrons. The SMILES string of the molecule is Cn1cc(C(c2c[nH]c3ccccc23)n2ccnc2)cn1. The largest absolute Gasteiger partial charge is 0.361 e. The first kappa shape index (κ1) is 12.0. The molecule has 0 aliphatic heterocycles. The fourth-order valence-electron chi connectivity index (χ4n) is 2.84. The van der Waals surface area contributed by atoms with Crippen molar-refractivity contribution < 1.29 is 0 Å². The molecule has 3 heterocycles. The average Bonchev–Trinajstić information content (AvgIpc) is 3.22. The zero-order valence-electron chi connectivity index (χ0n) is 11.6. The van der Waals surface area contributed by atoms with Gasteiger partial charge < -0.3 is 9.55 Å². The first-order valence-corrected chi connectivity index (χ1v) is 6.85. The number of rotatable bonds is 3. The van der Waals surface area contributed by atoms with Crippen LogP contribution in [0.2, 0.25) is 0 Å². The lowest BCUT2D eigenvalue weighted by Gasteiger charge is -2.16. The van der Waals surface area contributed by atoms with Crippen LogP contribution < -0.4 is 0 Å². The minimum atomic E-state index is 0.0670. The van der Waals surface area contributed by atoms with Gasteiger partial charge in [0.1, 0.15) is 0 Å². The average molecular weight is 277 g/mol. The number of benzene rings is 1. The number of nitrogens with one attached hydrogen (secondary N) is 1. The van der Waals surface area contributed by atoms with E-state index in [1.54, 1.807) is 6.20 Å². The van der Waals surface area contributed by atoms with Gasteiger partial charge in [0.25, 0.3) is 0 Å². The molecule has 0 spiro atoms. The zero-order valence-corrected chi connectivity index (χ0v) is 11.6. The minimum Gasteiger partial charge on any atom is -0.361 e. The van der Waals surface area contributed by atoms with E-state index < -0.39 is 0 Å². The lowest BCUT2D eigenvalue weighted by Crippen LogP contribution is -2.09. The summed E-state index contributed by atoms with van der Waals surface area (Å²) in [5, 5.41) is 5.53. The summed E-state index contributed by atoms with van der Waals surface area (Å²) in [6, 6.07) is 8.40. The maximum atomic E-state index is 4.31. The van der Waals surface area contributed by atoms with Crippen LogP contribution in [0.1, 0.15) is 17.2 Å². The highest BCUT2D eigenvalue weighted by molar-refractivity contribution is 5.84. The van der Waals surface area contributed by atoms with E-state index in [4.69, 9.17) is 0 Å². The molecule has 0 aliphatic rings. The summed E-state index contributed by atoms with van der Waals surface area (Å²) in [6.45, 7) is 0. The van der Waals surface area contributed by atoms with Crippen molar-refractivity contribution in [1.29, 1.82) is 0 Å². The second kappa shape index (κ2) is 4.63. The number of fused-ring (bicyclic) bond motifs is 1. The highest BCUT2D eigenvalue weighted by Crippen LogP contribution is 2.31. The topological polar surface area (TPSA) is 51.4 Å². The molecule has 5 nitrogen and oxygen atoms in total. The van der Waals surface area contributed by atoms with Crippen LogP contribution >= 0.6 is 0 Å². The van der Waals surface area contributed by atoms with Gasteiger partial charge in [-0.25, -0.2) is 4.98 Å². The van der Waals surface area contributed by atoms with Crippen molar-refractivity contribution in [3.8, 4) is 0 Å². The van der Waals surface area contributed by atoms with E-state index in [-0.39, 0.29) is 6.04 Å². The monoisotopic (exact) mass is 277 g/mol. The Kier molecular flexibility index (Phi) is 2.64. The molecule has 1 atom stereocenters. The second-order valence-corrected chi connectivity index (χ2v) is 5.15. The quantitative estimate of drug-likeness (QED) is 0.626. The van der Waals surface area contributed by atoms with Gasteiger partial charge in [-0.1, -0.05) is 18.2 Å². The molecule has 3 aromatic heterocycles. The predicted molar refractivity (Wildman–Crippen MR) is 81.0 cm³/mol. The van der Waals surface area contributed by atoms with Crippen molar-refractivity contribution in [3.05, 3.63) is 72.7 Å². The summed E-state index contributed by atoms with van der Waals surface area (Å²) in [4.78, 5) is 7.54. The molecular weight excluding hydrogens is 262 g/mol. The van der Waals surface area contributed by atoms with Gasteiger partial charge in [0.2, 0.25) is 0 Å². The van der Waals surface area contributed by atoms with Gasteiger partial charge in [-0.15, -0.1) is 0 Å². The Morgan fingerprint density at radius 2 is 2.14 bits per heavy atom. The van der Waals surface area contributed by atoms with Gasteiger partial charge in [0.05, 0.1) is 18.6 Å². The van der Waals surface area contributed by atoms with Gasteiger partial charge in [-0.05, 0) is 6.07 Å². The van der Waals surface area contributed by atoms with E-state index in [0.29, 0.717) is 0 Å². The van der Waals surface area contributed by atoms with Crippen LogP contribution in [-0.2, 0) is 7.05 Å². The molecule has 0 saturated carbocycles. The Hall–Kier alpha value is -2.82. The van der Waals surface area contributed by atoms with E-state index in [0.717, 1.165) is 11.1 Å². The normalized spacial score (nSPS) is 12.8. The van der Waals surface area contributed by atoms with Crippen molar-refractivity contribution in [2.24, 2.45) is 7.05 Å². The van der Waals surface area contributed by atoms with Crippen LogP contribution in [0.4, 0.5) is 0 Å². The minimum absolute atomic E-state index is 0.0670. The first-order valence-electron chi connectivity index (χ1n) is 6.85. The summed E-state index contributed by atoms with van der Waals surface area (Å²) in [6.07, 6.45) is 11.7. The van der Waals surface area contributed by atoms with Crippen LogP contribution in [0.25, 0.3) is 10.9 Å². The molecule has 0 fully saturated rings. The Morgan fingerprint density at radius 1 is 1.24 bits per heavy atom. The van der Waals surface area contributed by atoms with E-state index >= 15 is 0 Å². The second-order valence-electron chi connectivity index (χ2n) is 5.15. The third-order valence-electron chi connectivity index (χ3n) is 3.78. The number of aromatic nitrogens is 5. The number of aryl methyl sites for hydroxylation is 1. The molecule has 1 aromatic carbocycles. The van der Waals surface area contributed by atoms with Crippen LogP contribution in [0.15, 0.2) is 61.6 Å². The molecule has 0 bridgehead atoms. The molecule has 4 aromatic rings. The summed E-state index contributed by atoms with van der Waals surface area (Å²) in [5.41, 5.74) is 3.50. The third-order valence-corrected chi connectivity index (χ3v) is 3.78. The highest BCUT2D eigenvalue weighted by Gasteiger charge is 2.20. The number of para-hydroxylation sites is 1. The molecule has 0 aliphatic carbocycles. The summed E-state index contributed by atoms with van der Waals surface area (Å²) >= 11 is 0. The summed E-state index contributed by atoms with van der Waals surface area (Å²) in [7, 11) is 1.93. The van der Waals surface area contributed by atoms with Gasteiger partial charge in [0, 0.05) is 53.9 Å². The van der Waals surface area contributed by atoms with Crippen LogP contribution in [0.5, 0.6) is 0 Å². The lowest BCUT2D eigenvalue weighted by atomic mass is 10.0. The number of H-pyrrole nitrogens is 1. The molecule has 5 heteroatoms. The van der Waals surface area contributed by atoms with Crippen LogP contribution in [-0.4, -0.2) is 24.3 Å². The highest BCUT2D eigenvalue weighted by atomic mass is 15.2. The third kappa shape index (κ3) is 1.94. The molecule has 4 rings (SSSR count). The smallest absolute Gasteiger partial charge is 0.0954 e. The fourth-order valence-corrected chi connectivity index (χ4v) is 2.84. The van der Waals surface area contributed by atoms with Crippen molar-refractivity contribution >= 4 is 10.9 Å². The number of imidazole rings is 1. The maximum absolute atomic E-state index is 4.31. The van der Waals surface area contributed by atoms with E-state index in [9.17, 15) is 0 Å². The zero-order chi connectivity index (χ0) is 14.2. The van der Waals surface area contributed by atoms with E-state index in [1.165, 1.54) is 10.9 Å². The summed E-state index contributed by atoms with van der Waals surface area (Å²) in [5.74, 6) is 0. The molecular formula is C16H15N5. The maximum Gasteiger partial charge on any atom is 0.0954 e. The number of nitrogens with zero attached hydrogens (tertiary/aromatic N) is 4. The first-order chi connectivity index (χ1) is 10.3. The Morgan fingerprint density at radius 3 is 2.90 bits per heavy atom. The molecule has 104 valence electrons. The fraction of sp³-hybridized carbons (Fsp3) is 0.125. The predicted octanol–water partition coefficient (Wildman–Crippen LogP) is 2.74. The van der Waals surface area contributed by atoms with Crippen LogP contribution in [0.3, 0.4) is 0 Å². The Balaban J connectivity index is 1.94. The molecule has 21 heavy (non-hydrogen) atoms. The Labute approximate surface area is 121 Å². The van der Waals surface area contributed by atoms with E-state index in [1.807, 2.05) is 42.7 Å². The Bertz CT molecular complexity index is 869. The van der Waals surface area contributed by atoms with Gasteiger partial charge in [-0.2, -0.15) is 5.10 Å². The standard InChI is InChI=1S/C16H15N5/c1-20-10-12(8-19-20)16(21-7-6-17-11-21)14-9-18-15-5-3-2-4-13(14)15/h2-11,16,18H,1H3. The van der Waals surface area contributed by atoms with Gasteiger partial charge in [0.15, 0.2) is 0 Å². The number of aromatic amines is 1. The van der Waals surface area contributed by atoms with Crippen molar-refractivity contribution in [2.75, 3.05) is 0 Å². The lowest BCUT2D eigenvalue weighted by molar-refractivity contribution is 0.679. The molecule has 0 amide bonds. The molecule has 0 saturated heterocycles. The van der Waals surface area contributed by atoms with Crippen LogP contribution in [0, 0.1) is 0 Å². The van der Waals surface area contributed by atoms with Crippen molar-refractivity contribution in [3.63, 3.8) is 0 Å². The molecule has 1 unspecified atom stereocenters. The number of hydrogen-bond donors (Lipinski definition) is 1. The summed E-state index contributed by atoms with van der Waals surface area (Å²) < 4.78 is 3.93. The molecule has 1 N–H and O–H groups in total.